The van der Waals surface area contributed by atoms with Crippen molar-refractivity contribution in [2.75, 3.05) is 12.7 Å². The molecule has 1 rings (SSSR count). The maximum Gasteiger partial charge on any atom is 0.319 e. The van der Waals surface area contributed by atoms with Crippen LogP contribution in [0.5, 0.6) is 0 Å². The average Bonchev–Trinajstić information content (AvgIpc) is 2.20. The summed E-state index contributed by atoms with van der Waals surface area (Å²) < 4.78 is 12.1. The van der Waals surface area contributed by atoms with E-state index in [4.69, 9.17) is 5.73 Å². The Bertz CT molecular complexity index is 307. The second kappa shape index (κ2) is 5.30. The van der Waals surface area contributed by atoms with Crippen molar-refractivity contribution in [1.82, 2.24) is 0 Å². The summed E-state index contributed by atoms with van der Waals surface area (Å²) in [6.45, 7) is 0.491. The van der Waals surface area contributed by atoms with Gasteiger partial charge in [-0.05, 0) is 32.2 Å². The first-order valence-corrected chi connectivity index (χ1v) is 7.56. The summed E-state index contributed by atoms with van der Waals surface area (Å²) in [5, 5.41) is 7.86. The molecule has 2 atom stereocenters. The van der Waals surface area contributed by atoms with Gasteiger partial charge in [-0.1, -0.05) is 12.8 Å². The lowest BCUT2D eigenvalue weighted by molar-refractivity contribution is -0.141. The third-order valence-electron chi connectivity index (χ3n) is 3.41. The number of carboxylic acids is 1. The molecule has 6 heteroatoms. The van der Waals surface area contributed by atoms with Gasteiger partial charge in [0.2, 0.25) is 7.37 Å². The summed E-state index contributed by atoms with van der Waals surface area (Å²) >= 11 is 0. The lowest BCUT2D eigenvalue weighted by Gasteiger charge is -2.37. The Kier molecular flexibility index (Phi) is 4.53. The average molecular weight is 249 g/mol. The zero-order valence-electron chi connectivity index (χ0n) is 9.39. The minimum absolute atomic E-state index is 0.141. The second-order valence-corrected chi connectivity index (χ2v) is 7.17. The predicted molar refractivity (Wildman–Crippen MR) is 61.8 cm³/mol. The lowest BCUT2D eigenvalue weighted by Crippen LogP contribution is -2.41. The largest absolute Gasteiger partial charge is 0.480 e. The van der Waals surface area contributed by atoms with Crippen molar-refractivity contribution in [3.63, 3.8) is 0 Å². The van der Waals surface area contributed by atoms with E-state index in [0.717, 1.165) is 6.42 Å². The van der Waals surface area contributed by atoms with Crippen LogP contribution in [-0.2, 0) is 9.36 Å². The van der Waals surface area contributed by atoms with Gasteiger partial charge in [0.25, 0.3) is 0 Å². The molecule has 0 amide bonds. The topological polar surface area (TPSA) is 101 Å². The molecule has 0 aliphatic carbocycles. The molecule has 5 nitrogen and oxygen atoms in total. The smallest absolute Gasteiger partial charge is 0.319 e. The Morgan fingerprint density at radius 2 is 2.06 bits per heavy atom. The minimum atomic E-state index is -3.56. The van der Waals surface area contributed by atoms with Crippen molar-refractivity contribution in [2.24, 2.45) is 5.73 Å². The molecular formula is C10H20NO4P. The highest BCUT2D eigenvalue weighted by atomic mass is 31.2. The van der Waals surface area contributed by atoms with Gasteiger partial charge in [0.1, 0.15) is 5.16 Å². The first-order valence-electron chi connectivity index (χ1n) is 5.72. The van der Waals surface area contributed by atoms with Crippen molar-refractivity contribution >= 4 is 13.3 Å². The van der Waals surface area contributed by atoms with Crippen LogP contribution in [0.1, 0.15) is 38.5 Å². The van der Waals surface area contributed by atoms with Crippen molar-refractivity contribution in [3.8, 4) is 0 Å². The molecule has 1 aliphatic heterocycles. The lowest BCUT2D eigenvalue weighted by atomic mass is 9.94. The van der Waals surface area contributed by atoms with E-state index in [2.05, 4.69) is 0 Å². The number of hydrogen-bond donors (Lipinski definition) is 3. The fourth-order valence-corrected chi connectivity index (χ4v) is 4.75. The number of hydrogen-bond acceptors (Lipinski definition) is 3. The summed E-state index contributed by atoms with van der Waals surface area (Å²) in [5.41, 5.74) is 5.35. The summed E-state index contributed by atoms with van der Waals surface area (Å²) in [6, 6.07) is 0. The van der Waals surface area contributed by atoms with Gasteiger partial charge in [-0.15, -0.1) is 0 Å². The van der Waals surface area contributed by atoms with Crippen molar-refractivity contribution in [2.45, 2.75) is 43.7 Å². The van der Waals surface area contributed by atoms with Crippen LogP contribution in [0.3, 0.4) is 0 Å². The normalized spacial score (nSPS) is 34.9. The zero-order valence-corrected chi connectivity index (χ0v) is 10.3. The van der Waals surface area contributed by atoms with Gasteiger partial charge >= 0.3 is 5.97 Å². The fraction of sp³-hybridized carbons (Fsp3) is 0.900. The highest BCUT2D eigenvalue weighted by Gasteiger charge is 2.54. The Balaban J connectivity index is 2.85. The van der Waals surface area contributed by atoms with E-state index in [-0.39, 0.29) is 12.6 Å². The summed E-state index contributed by atoms with van der Waals surface area (Å²) in [4.78, 5) is 21.2. The van der Waals surface area contributed by atoms with Crippen LogP contribution < -0.4 is 5.73 Å². The molecule has 0 aromatic carbocycles. The van der Waals surface area contributed by atoms with E-state index >= 15 is 0 Å². The second-order valence-electron chi connectivity index (χ2n) is 4.46. The number of carbonyl (C=O) groups is 1. The van der Waals surface area contributed by atoms with Crippen molar-refractivity contribution < 1.29 is 19.4 Å². The molecule has 94 valence electrons. The summed E-state index contributed by atoms with van der Waals surface area (Å²) in [7, 11) is -3.56. The molecule has 0 aromatic rings. The van der Waals surface area contributed by atoms with Crippen LogP contribution in [0.4, 0.5) is 0 Å². The third kappa shape index (κ3) is 2.47. The first kappa shape index (κ1) is 13.7. The van der Waals surface area contributed by atoms with Crippen LogP contribution >= 0.6 is 7.37 Å². The number of aliphatic carboxylic acids is 1. The molecule has 0 spiro atoms. The van der Waals surface area contributed by atoms with E-state index in [0.29, 0.717) is 32.2 Å². The van der Waals surface area contributed by atoms with Gasteiger partial charge in [-0.25, -0.2) is 0 Å². The van der Waals surface area contributed by atoms with Gasteiger partial charge in [0.05, 0.1) is 0 Å². The van der Waals surface area contributed by atoms with Crippen LogP contribution in [0, 0.1) is 0 Å². The molecule has 16 heavy (non-hydrogen) atoms. The molecule has 1 fully saturated rings. The molecule has 1 aliphatic rings. The molecule has 0 aromatic heterocycles. The molecule has 0 bridgehead atoms. The number of unbranched alkanes of at least 4 members (excludes halogenated alkanes) is 1. The van der Waals surface area contributed by atoms with Crippen molar-refractivity contribution in [1.29, 1.82) is 0 Å². The Morgan fingerprint density at radius 1 is 1.38 bits per heavy atom. The van der Waals surface area contributed by atoms with E-state index in [9.17, 15) is 19.4 Å². The van der Waals surface area contributed by atoms with Gasteiger partial charge in [-0.3, -0.25) is 9.36 Å². The molecule has 4 N–H and O–H groups in total. The van der Waals surface area contributed by atoms with Crippen molar-refractivity contribution in [3.05, 3.63) is 0 Å². The number of carboxylic acid groups (broad SMARTS) is 1. The first-order chi connectivity index (χ1) is 7.46. The number of rotatable bonds is 5. The fourth-order valence-electron chi connectivity index (χ4n) is 2.36. The van der Waals surface area contributed by atoms with Crippen LogP contribution in [-0.4, -0.2) is 33.8 Å². The standard InChI is InChI=1S/C10H20NO4P/c11-7-3-1-5-10(9(12)13)6-2-4-8-16(10,14)15/h1-8,11H2,(H,12,13)(H,14,15). The highest BCUT2D eigenvalue weighted by molar-refractivity contribution is 7.60. The SMILES string of the molecule is NCCCCC1(C(=O)O)CCCCP1(=O)O. The third-order valence-corrected chi connectivity index (χ3v) is 6.31. The predicted octanol–water partition coefficient (Wildman–Crippen LogP) is 1.39. The Labute approximate surface area is 95.5 Å². The van der Waals surface area contributed by atoms with E-state index in [1.54, 1.807) is 0 Å². The van der Waals surface area contributed by atoms with E-state index < -0.39 is 18.5 Å². The molecule has 1 saturated heterocycles. The molecule has 0 saturated carbocycles. The maximum atomic E-state index is 12.1. The molecule has 2 unspecified atom stereocenters. The monoisotopic (exact) mass is 249 g/mol. The maximum absolute atomic E-state index is 12.1. The quantitative estimate of drug-likeness (QED) is 0.505. The summed E-state index contributed by atoms with van der Waals surface area (Å²) in [5.74, 6) is -1.12. The summed E-state index contributed by atoms with van der Waals surface area (Å²) in [6.07, 6.45) is 3.41. The molecular weight excluding hydrogens is 229 g/mol. The van der Waals surface area contributed by atoms with Gasteiger partial charge in [0.15, 0.2) is 0 Å². The molecule has 0 radical (unpaired) electrons. The van der Waals surface area contributed by atoms with Gasteiger partial charge in [-0.2, -0.15) is 0 Å². The highest BCUT2D eigenvalue weighted by Crippen LogP contribution is 2.62. The zero-order chi connectivity index (χ0) is 12.2. The van der Waals surface area contributed by atoms with Gasteiger partial charge in [0, 0.05) is 6.16 Å². The minimum Gasteiger partial charge on any atom is -0.480 e. The molecule has 1 heterocycles. The Morgan fingerprint density at radius 3 is 2.56 bits per heavy atom. The van der Waals surface area contributed by atoms with Crippen LogP contribution in [0.25, 0.3) is 0 Å². The number of nitrogens with two attached hydrogens (primary N) is 1. The van der Waals surface area contributed by atoms with E-state index in [1.807, 2.05) is 0 Å². The van der Waals surface area contributed by atoms with Crippen LogP contribution in [0.2, 0.25) is 0 Å². The van der Waals surface area contributed by atoms with E-state index in [1.165, 1.54) is 0 Å². The van der Waals surface area contributed by atoms with Gasteiger partial charge < -0.3 is 15.7 Å². The Hall–Kier alpha value is -0.380. The van der Waals surface area contributed by atoms with Crippen LogP contribution in [0.15, 0.2) is 0 Å².